The summed E-state index contributed by atoms with van der Waals surface area (Å²) in [6, 6.07) is 3.90. The fourth-order valence-electron chi connectivity index (χ4n) is 4.20. The highest BCUT2D eigenvalue weighted by Crippen LogP contribution is 2.55. The van der Waals surface area contributed by atoms with E-state index in [0.717, 1.165) is 30.4 Å². The van der Waals surface area contributed by atoms with Gasteiger partial charge >= 0.3 is 5.97 Å². The number of allylic oxidation sites excluding steroid dienone is 1. The van der Waals surface area contributed by atoms with Crippen molar-refractivity contribution in [2.24, 2.45) is 11.8 Å². The van der Waals surface area contributed by atoms with Gasteiger partial charge in [-0.2, -0.15) is 0 Å². The Morgan fingerprint density at radius 3 is 3.00 bits per heavy atom. The summed E-state index contributed by atoms with van der Waals surface area (Å²) >= 11 is 0. The first-order valence-corrected chi connectivity index (χ1v) is 7.66. The molecule has 1 aliphatic heterocycles. The number of pyridine rings is 1. The Morgan fingerprint density at radius 1 is 1.38 bits per heavy atom. The van der Waals surface area contributed by atoms with E-state index < -0.39 is 5.60 Å². The molecule has 2 heterocycles. The van der Waals surface area contributed by atoms with Gasteiger partial charge in [0, 0.05) is 12.4 Å². The highest BCUT2D eigenvalue weighted by atomic mass is 16.6. The first-order chi connectivity index (χ1) is 10.2. The number of hydrogen-bond donors (Lipinski definition) is 0. The smallest absolute Gasteiger partial charge is 0.337 e. The molecule has 1 saturated carbocycles. The fourth-order valence-corrected chi connectivity index (χ4v) is 4.20. The summed E-state index contributed by atoms with van der Waals surface area (Å²) in [7, 11) is 0. The summed E-state index contributed by atoms with van der Waals surface area (Å²) in [4.78, 5) is 16.2. The largest absolute Gasteiger partial charge is 0.455 e. The SMILES string of the molecule is C[C@@H]1C=C2C(=O)O[C@@H]3CCC(C1)[C@]23OCc1ccncc1. The Hall–Kier alpha value is -1.68. The van der Waals surface area contributed by atoms with Crippen molar-refractivity contribution in [1.29, 1.82) is 0 Å². The molecule has 4 rings (SSSR count). The maximum atomic E-state index is 12.2. The van der Waals surface area contributed by atoms with E-state index >= 15 is 0 Å². The lowest BCUT2D eigenvalue weighted by molar-refractivity contribution is -0.142. The van der Waals surface area contributed by atoms with Crippen LogP contribution in [-0.2, 0) is 20.9 Å². The van der Waals surface area contributed by atoms with Crippen molar-refractivity contribution in [2.75, 3.05) is 0 Å². The number of aromatic nitrogens is 1. The minimum absolute atomic E-state index is 0.101. The van der Waals surface area contributed by atoms with Gasteiger partial charge in [-0.05, 0) is 48.8 Å². The highest BCUT2D eigenvalue weighted by molar-refractivity contribution is 5.94. The fraction of sp³-hybridized carbons (Fsp3) is 0.529. The minimum atomic E-state index is -0.507. The van der Waals surface area contributed by atoms with Gasteiger partial charge in [-0.25, -0.2) is 4.79 Å². The van der Waals surface area contributed by atoms with Gasteiger partial charge in [0.1, 0.15) is 11.7 Å². The predicted molar refractivity (Wildman–Crippen MR) is 76.2 cm³/mol. The standard InChI is InChI=1S/C17H19NO3/c1-11-8-13-2-3-15-17(13,14(9-11)16(19)21-15)20-10-12-4-6-18-7-5-12/h4-7,9,11,13,15H,2-3,8,10H2,1H3/t11-,13?,15+,17-/m0/s1. The molecule has 4 atom stereocenters. The Bertz CT molecular complexity index is 597. The zero-order valence-electron chi connectivity index (χ0n) is 12.1. The summed E-state index contributed by atoms with van der Waals surface area (Å²) in [5, 5.41) is 0. The molecule has 0 spiro atoms. The van der Waals surface area contributed by atoms with Crippen LogP contribution in [0.3, 0.4) is 0 Å². The zero-order chi connectivity index (χ0) is 14.4. The van der Waals surface area contributed by atoms with Crippen LogP contribution >= 0.6 is 0 Å². The first kappa shape index (κ1) is 13.0. The van der Waals surface area contributed by atoms with Crippen LogP contribution in [0.1, 0.15) is 31.7 Å². The second kappa shape index (κ2) is 4.67. The summed E-state index contributed by atoms with van der Waals surface area (Å²) in [6.45, 7) is 2.66. The maximum Gasteiger partial charge on any atom is 0.337 e. The lowest BCUT2D eigenvalue weighted by atomic mass is 9.73. The topological polar surface area (TPSA) is 48.4 Å². The van der Waals surface area contributed by atoms with E-state index in [1.54, 1.807) is 12.4 Å². The molecule has 4 heteroatoms. The Kier molecular flexibility index (Phi) is 2.89. The van der Waals surface area contributed by atoms with Crippen LogP contribution in [0.5, 0.6) is 0 Å². The van der Waals surface area contributed by atoms with Gasteiger partial charge < -0.3 is 9.47 Å². The molecule has 21 heavy (non-hydrogen) atoms. The third-order valence-corrected chi connectivity index (χ3v) is 5.09. The monoisotopic (exact) mass is 285 g/mol. The lowest BCUT2D eigenvalue weighted by Gasteiger charge is -2.38. The third kappa shape index (κ3) is 1.85. The number of ether oxygens (including phenoxy) is 2. The highest BCUT2D eigenvalue weighted by Gasteiger charge is 2.63. The molecule has 0 N–H and O–H groups in total. The summed E-state index contributed by atoms with van der Waals surface area (Å²) in [5.41, 5.74) is 1.34. The van der Waals surface area contributed by atoms with Gasteiger partial charge in [0.2, 0.25) is 0 Å². The van der Waals surface area contributed by atoms with E-state index in [9.17, 15) is 4.79 Å². The van der Waals surface area contributed by atoms with Crippen molar-refractivity contribution in [2.45, 2.75) is 44.5 Å². The lowest BCUT2D eigenvalue weighted by Crippen LogP contribution is -2.46. The Morgan fingerprint density at radius 2 is 2.19 bits per heavy atom. The van der Waals surface area contributed by atoms with E-state index in [0.29, 0.717) is 18.4 Å². The van der Waals surface area contributed by atoms with Crippen LogP contribution < -0.4 is 0 Å². The molecule has 0 bridgehead atoms. The molecule has 0 radical (unpaired) electrons. The summed E-state index contributed by atoms with van der Waals surface area (Å²) < 4.78 is 11.9. The molecule has 2 aliphatic carbocycles. The third-order valence-electron chi connectivity index (χ3n) is 5.09. The van der Waals surface area contributed by atoms with Crippen LogP contribution in [0.2, 0.25) is 0 Å². The molecular weight excluding hydrogens is 266 g/mol. The van der Waals surface area contributed by atoms with Gasteiger partial charge in [-0.3, -0.25) is 4.98 Å². The number of carbonyl (C=O) groups is 1. The van der Waals surface area contributed by atoms with Crippen LogP contribution in [0.4, 0.5) is 0 Å². The molecule has 3 aliphatic rings. The molecule has 4 nitrogen and oxygen atoms in total. The van der Waals surface area contributed by atoms with Gasteiger partial charge in [-0.15, -0.1) is 0 Å². The summed E-state index contributed by atoms with van der Waals surface area (Å²) in [6.07, 6.45) is 8.56. The normalized spacial score (nSPS) is 37.1. The van der Waals surface area contributed by atoms with Gasteiger partial charge in [-0.1, -0.05) is 13.0 Å². The molecule has 1 saturated heterocycles. The van der Waals surface area contributed by atoms with Crippen LogP contribution in [0.15, 0.2) is 36.2 Å². The van der Waals surface area contributed by atoms with E-state index in [1.165, 1.54) is 0 Å². The number of nitrogens with zero attached hydrogens (tertiary/aromatic N) is 1. The Balaban J connectivity index is 1.67. The van der Waals surface area contributed by atoms with Crippen molar-refractivity contribution in [3.63, 3.8) is 0 Å². The molecule has 0 amide bonds. The number of esters is 1. The molecule has 1 unspecified atom stereocenters. The minimum Gasteiger partial charge on any atom is -0.455 e. The second-order valence-corrected chi connectivity index (χ2v) is 6.40. The van der Waals surface area contributed by atoms with Crippen molar-refractivity contribution in [3.05, 3.63) is 41.7 Å². The zero-order valence-corrected chi connectivity index (χ0v) is 12.1. The molecular formula is C17H19NO3. The summed E-state index contributed by atoms with van der Waals surface area (Å²) in [5.74, 6) is 0.642. The van der Waals surface area contributed by atoms with Crippen molar-refractivity contribution in [1.82, 2.24) is 4.98 Å². The molecule has 1 aromatic heterocycles. The molecule has 0 aromatic carbocycles. The molecule has 2 fully saturated rings. The van der Waals surface area contributed by atoms with Crippen LogP contribution in [0.25, 0.3) is 0 Å². The van der Waals surface area contributed by atoms with Crippen LogP contribution in [0, 0.1) is 11.8 Å². The van der Waals surface area contributed by atoms with Crippen molar-refractivity contribution >= 4 is 5.97 Å². The average Bonchev–Trinajstić information content (AvgIpc) is 2.97. The van der Waals surface area contributed by atoms with Crippen molar-refractivity contribution < 1.29 is 14.3 Å². The number of hydrogen-bond acceptors (Lipinski definition) is 4. The molecule has 1 aromatic rings. The van der Waals surface area contributed by atoms with E-state index in [1.807, 2.05) is 12.1 Å². The maximum absolute atomic E-state index is 12.2. The van der Waals surface area contributed by atoms with E-state index in [2.05, 4.69) is 18.0 Å². The quantitative estimate of drug-likeness (QED) is 0.801. The van der Waals surface area contributed by atoms with E-state index in [-0.39, 0.29) is 12.1 Å². The first-order valence-electron chi connectivity index (χ1n) is 7.66. The predicted octanol–water partition coefficient (Wildman–Crippen LogP) is 2.64. The van der Waals surface area contributed by atoms with Crippen molar-refractivity contribution in [3.8, 4) is 0 Å². The van der Waals surface area contributed by atoms with Gasteiger partial charge in [0.25, 0.3) is 0 Å². The molecule has 110 valence electrons. The van der Waals surface area contributed by atoms with Crippen LogP contribution in [-0.4, -0.2) is 22.7 Å². The number of carbonyl (C=O) groups excluding carboxylic acids is 1. The van der Waals surface area contributed by atoms with Gasteiger partial charge in [0.15, 0.2) is 0 Å². The average molecular weight is 285 g/mol. The second-order valence-electron chi connectivity index (χ2n) is 6.40. The van der Waals surface area contributed by atoms with E-state index in [4.69, 9.17) is 9.47 Å². The Labute approximate surface area is 124 Å². The van der Waals surface area contributed by atoms with Gasteiger partial charge in [0.05, 0.1) is 12.2 Å². The number of rotatable bonds is 3.